The summed E-state index contributed by atoms with van der Waals surface area (Å²) in [7, 11) is 0. The van der Waals surface area contributed by atoms with Gasteiger partial charge in [-0.3, -0.25) is 4.99 Å². The van der Waals surface area contributed by atoms with Gasteiger partial charge in [0.05, 0.1) is 6.04 Å². The molecule has 0 amide bonds. The van der Waals surface area contributed by atoms with Gasteiger partial charge in [-0.1, -0.05) is 6.92 Å². The molecule has 21 heavy (non-hydrogen) atoms. The van der Waals surface area contributed by atoms with E-state index in [0.29, 0.717) is 5.41 Å². The summed E-state index contributed by atoms with van der Waals surface area (Å²) in [5.74, 6) is 2.80. The summed E-state index contributed by atoms with van der Waals surface area (Å²) in [6.07, 6.45) is 4.81. The summed E-state index contributed by atoms with van der Waals surface area (Å²) in [4.78, 5) is 9.33. The second-order valence-corrected chi connectivity index (χ2v) is 6.59. The number of hydrogen-bond acceptors (Lipinski definition) is 3. The van der Waals surface area contributed by atoms with Crippen LogP contribution >= 0.6 is 0 Å². The molecular formula is C15H26N6. The Morgan fingerprint density at radius 2 is 2.29 bits per heavy atom. The fourth-order valence-electron chi connectivity index (χ4n) is 2.73. The van der Waals surface area contributed by atoms with E-state index in [4.69, 9.17) is 4.99 Å². The van der Waals surface area contributed by atoms with E-state index in [9.17, 15) is 0 Å². The number of nitrogens with zero attached hydrogens (tertiary/aromatic N) is 4. The van der Waals surface area contributed by atoms with Gasteiger partial charge in [0.1, 0.15) is 11.6 Å². The third kappa shape index (κ3) is 3.36. The molecule has 0 saturated heterocycles. The smallest absolute Gasteiger partial charge is 0.191 e. The lowest BCUT2D eigenvalue weighted by Gasteiger charge is -2.25. The van der Waals surface area contributed by atoms with E-state index in [0.717, 1.165) is 50.1 Å². The van der Waals surface area contributed by atoms with Crippen molar-refractivity contribution in [3.05, 3.63) is 11.6 Å². The lowest BCUT2D eigenvalue weighted by molar-refractivity contribution is 0.397. The van der Waals surface area contributed by atoms with Crippen LogP contribution in [-0.4, -0.2) is 33.8 Å². The van der Waals surface area contributed by atoms with Crippen molar-refractivity contribution >= 4 is 5.96 Å². The average molecular weight is 290 g/mol. The van der Waals surface area contributed by atoms with Crippen molar-refractivity contribution < 1.29 is 0 Å². The van der Waals surface area contributed by atoms with E-state index in [1.165, 1.54) is 12.8 Å². The standard InChI is InChI=1S/C15H26N6/c1-4-16-14(17-10-15(3)7-8-15)19-12-6-5-9-21-13(12)18-11(2)20-21/h12H,4-10H2,1-3H3,(H2,16,17,19). The molecule has 0 radical (unpaired) electrons. The quantitative estimate of drug-likeness (QED) is 0.655. The Morgan fingerprint density at radius 3 is 3.00 bits per heavy atom. The number of aromatic nitrogens is 3. The highest BCUT2D eigenvalue weighted by molar-refractivity contribution is 5.80. The zero-order valence-corrected chi connectivity index (χ0v) is 13.3. The van der Waals surface area contributed by atoms with Crippen molar-refractivity contribution in [2.45, 2.75) is 59.0 Å². The molecule has 1 aromatic heterocycles. The molecule has 2 heterocycles. The van der Waals surface area contributed by atoms with Gasteiger partial charge >= 0.3 is 0 Å². The number of nitrogens with one attached hydrogen (secondary N) is 2. The van der Waals surface area contributed by atoms with Crippen LogP contribution in [0.5, 0.6) is 0 Å². The third-order valence-electron chi connectivity index (χ3n) is 4.36. The van der Waals surface area contributed by atoms with E-state index in [2.05, 4.69) is 34.6 Å². The van der Waals surface area contributed by atoms with E-state index >= 15 is 0 Å². The number of aryl methyl sites for hydroxylation is 2. The molecule has 1 fully saturated rings. The molecule has 0 aromatic carbocycles. The van der Waals surface area contributed by atoms with Crippen molar-refractivity contribution in [2.24, 2.45) is 10.4 Å². The van der Waals surface area contributed by atoms with Gasteiger partial charge in [-0.05, 0) is 44.9 Å². The molecule has 6 heteroatoms. The molecule has 6 nitrogen and oxygen atoms in total. The van der Waals surface area contributed by atoms with Gasteiger partial charge in [0, 0.05) is 19.6 Å². The first kappa shape index (κ1) is 14.4. The summed E-state index contributed by atoms with van der Waals surface area (Å²) in [5.41, 5.74) is 0.436. The molecule has 3 rings (SSSR count). The summed E-state index contributed by atoms with van der Waals surface area (Å²) < 4.78 is 2.03. The third-order valence-corrected chi connectivity index (χ3v) is 4.36. The second kappa shape index (κ2) is 5.66. The molecule has 0 bridgehead atoms. The van der Waals surface area contributed by atoms with Gasteiger partial charge in [0.15, 0.2) is 5.96 Å². The predicted molar refractivity (Wildman–Crippen MR) is 83.2 cm³/mol. The maximum absolute atomic E-state index is 4.76. The van der Waals surface area contributed by atoms with Gasteiger partial charge < -0.3 is 10.6 Å². The number of hydrogen-bond donors (Lipinski definition) is 2. The lowest BCUT2D eigenvalue weighted by Crippen LogP contribution is -2.41. The molecule has 116 valence electrons. The average Bonchev–Trinajstić information content (AvgIpc) is 3.05. The number of guanidine groups is 1. The molecule has 1 aromatic rings. The Labute approximate surface area is 126 Å². The van der Waals surface area contributed by atoms with Crippen molar-refractivity contribution in [2.75, 3.05) is 13.1 Å². The highest BCUT2D eigenvalue weighted by Gasteiger charge is 2.37. The summed E-state index contributed by atoms with van der Waals surface area (Å²) in [5, 5.41) is 11.3. The topological polar surface area (TPSA) is 67.1 Å². The molecule has 1 atom stereocenters. The van der Waals surface area contributed by atoms with Crippen molar-refractivity contribution in [3.8, 4) is 0 Å². The highest BCUT2D eigenvalue weighted by Crippen LogP contribution is 2.45. The van der Waals surface area contributed by atoms with Gasteiger partial charge in [-0.15, -0.1) is 0 Å². The van der Waals surface area contributed by atoms with Gasteiger partial charge in [-0.2, -0.15) is 5.10 Å². The van der Waals surface area contributed by atoms with Crippen LogP contribution in [0.2, 0.25) is 0 Å². The van der Waals surface area contributed by atoms with Crippen LogP contribution in [0.25, 0.3) is 0 Å². The molecule has 1 aliphatic heterocycles. The van der Waals surface area contributed by atoms with Crippen LogP contribution in [0.15, 0.2) is 4.99 Å². The summed E-state index contributed by atoms with van der Waals surface area (Å²) in [6.45, 7) is 9.11. The van der Waals surface area contributed by atoms with Crippen molar-refractivity contribution in [3.63, 3.8) is 0 Å². The Hall–Kier alpha value is -1.59. The van der Waals surface area contributed by atoms with Gasteiger partial charge in [0.25, 0.3) is 0 Å². The van der Waals surface area contributed by atoms with Crippen molar-refractivity contribution in [1.29, 1.82) is 0 Å². The van der Waals surface area contributed by atoms with Gasteiger partial charge in [0.2, 0.25) is 0 Å². The molecule has 2 aliphatic rings. The fraction of sp³-hybridized carbons (Fsp3) is 0.800. The first-order chi connectivity index (χ1) is 10.1. The van der Waals surface area contributed by atoms with E-state index in [1.807, 2.05) is 11.6 Å². The second-order valence-electron chi connectivity index (χ2n) is 6.59. The first-order valence-electron chi connectivity index (χ1n) is 8.06. The number of rotatable bonds is 4. The lowest BCUT2D eigenvalue weighted by atomic mass is 10.1. The zero-order chi connectivity index (χ0) is 14.9. The SMILES string of the molecule is CCNC(=NCC1(C)CC1)NC1CCCn2nc(C)nc21. The molecule has 1 aliphatic carbocycles. The summed E-state index contributed by atoms with van der Waals surface area (Å²) in [6, 6.07) is 0.213. The van der Waals surface area contributed by atoms with Crippen LogP contribution in [-0.2, 0) is 6.54 Å². The minimum Gasteiger partial charge on any atom is -0.357 e. The maximum Gasteiger partial charge on any atom is 0.191 e. The van der Waals surface area contributed by atoms with E-state index < -0.39 is 0 Å². The maximum atomic E-state index is 4.76. The largest absolute Gasteiger partial charge is 0.357 e. The molecular weight excluding hydrogens is 264 g/mol. The van der Waals surface area contributed by atoms with Crippen molar-refractivity contribution in [1.82, 2.24) is 25.4 Å². The first-order valence-corrected chi connectivity index (χ1v) is 8.06. The minimum absolute atomic E-state index is 0.213. The Morgan fingerprint density at radius 1 is 1.48 bits per heavy atom. The van der Waals surface area contributed by atoms with Crippen LogP contribution in [0.4, 0.5) is 0 Å². The van der Waals surface area contributed by atoms with Crippen LogP contribution < -0.4 is 10.6 Å². The molecule has 2 N–H and O–H groups in total. The number of fused-ring (bicyclic) bond motifs is 1. The molecule has 1 unspecified atom stereocenters. The Balaban J connectivity index is 1.70. The predicted octanol–water partition coefficient (Wildman–Crippen LogP) is 1.78. The monoisotopic (exact) mass is 290 g/mol. The van der Waals surface area contributed by atoms with Crippen LogP contribution in [0.3, 0.4) is 0 Å². The normalized spacial score (nSPS) is 23.6. The van der Waals surface area contributed by atoms with E-state index in [1.54, 1.807) is 0 Å². The Kier molecular flexibility index (Phi) is 3.87. The molecule has 0 spiro atoms. The van der Waals surface area contributed by atoms with Gasteiger partial charge in [-0.25, -0.2) is 9.67 Å². The Bertz CT molecular complexity index is 528. The molecule has 1 saturated carbocycles. The minimum atomic E-state index is 0.213. The highest BCUT2D eigenvalue weighted by atomic mass is 15.4. The van der Waals surface area contributed by atoms with Crippen LogP contribution in [0.1, 0.15) is 57.2 Å². The van der Waals surface area contributed by atoms with E-state index in [-0.39, 0.29) is 6.04 Å². The number of aliphatic imine (C=N–C) groups is 1. The summed E-state index contributed by atoms with van der Waals surface area (Å²) >= 11 is 0. The van der Waals surface area contributed by atoms with Crippen LogP contribution in [0, 0.1) is 12.3 Å². The zero-order valence-electron chi connectivity index (χ0n) is 13.3. The fourth-order valence-corrected chi connectivity index (χ4v) is 2.73.